The molecule has 4 rings (SSSR count). The minimum Gasteiger partial charge on any atom is -0.468 e. The fraction of sp³-hybridized carbons (Fsp3) is 0.318. The second-order valence-corrected chi connectivity index (χ2v) is 6.89. The Labute approximate surface area is 153 Å². The Hall–Kier alpha value is -2.59. The molecule has 1 N–H and O–H groups in total. The van der Waals surface area contributed by atoms with Crippen LogP contribution in [0.15, 0.2) is 65.3 Å². The highest BCUT2D eigenvalue weighted by atomic mass is 16.3. The van der Waals surface area contributed by atoms with Crippen molar-refractivity contribution < 1.29 is 9.21 Å². The van der Waals surface area contributed by atoms with Gasteiger partial charge in [-0.05, 0) is 54.4 Å². The lowest BCUT2D eigenvalue weighted by Gasteiger charge is -2.26. The molecule has 0 aliphatic carbocycles. The van der Waals surface area contributed by atoms with Crippen LogP contribution in [-0.4, -0.2) is 30.4 Å². The van der Waals surface area contributed by atoms with Gasteiger partial charge in [0.2, 0.25) is 5.91 Å². The van der Waals surface area contributed by atoms with Crippen LogP contribution in [0.3, 0.4) is 0 Å². The lowest BCUT2D eigenvalue weighted by atomic mass is 10.0. The SMILES string of the molecule is O=C(Cc1cccc2ccccc12)NC[C@H](c1ccco1)N1CCCC1. The monoisotopic (exact) mass is 348 g/mol. The molecule has 3 aromatic rings. The first kappa shape index (κ1) is 16.9. The fourth-order valence-electron chi connectivity index (χ4n) is 3.84. The number of furan rings is 1. The van der Waals surface area contributed by atoms with Crippen LogP contribution in [0, 0.1) is 0 Å². The molecule has 1 aliphatic rings. The average molecular weight is 348 g/mol. The van der Waals surface area contributed by atoms with Crippen LogP contribution in [-0.2, 0) is 11.2 Å². The van der Waals surface area contributed by atoms with E-state index in [0.717, 1.165) is 29.8 Å². The second kappa shape index (κ2) is 7.75. The fourth-order valence-corrected chi connectivity index (χ4v) is 3.84. The third kappa shape index (κ3) is 3.65. The number of hydrogen-bond donors (Lipinski definition) is 1. The molecule has 0 bridgehead atoms. The Morgan fingerprint density at radius 2 is 1.85 bits per heavy atom. The van der Waals surface area contributed by atoms with Crippen molar-refractivity contribution in [2.24, 2.45) is 0 Å². The highest BCUT2D eigenvalue weighted by Gasteiger charge is 2.25. The van der Waals surface area contributed by atoms with Crippen LogP contribution in [0.25, 0.3) is 10.8 Å². The number of carbonyl (C=O) groups is 1. The number of rotatable bonds is 6. The predicted molar refractivity (Wildman–Crippen MR) is 103 cm³/mol. The van der Waals surface area contributed by atoms with Crippen LogP contribution >= 0.6 is 0 Å². The minimum atomic E-state index is 0.0529. The predicted octanol–water partition coefficient (Wildman–Crippen LogP) is 3.93. The van der Waals surface area contributed by atoms with E-state index in [9.17, 15) is 4.79 Å². The molecule has 4 heteroatoms. The van der Waals surface area contributed by atoms with E-state index in [4.69, 9.17) is 4.42 Å². The number of amides is 1. The summed E-state index contributed by atoms with van der Waals surface area (Å²) in [5.41, 5.74) is 1.07. The zero-order chi connectivity index (χ0) is 17.8. The molecule has 0 saturated carbocycles. The van der Waals surface area contributed by atoms with Crippen LogP contribution in [0.2, 0.25) is 0 Å². The van der Waals surface area contributed by atoms with Gasteiger partial charge >= 0.3 is 0 Å². The van der Waals surface area contributed by atoms with E-state index < -0.39 is 0 Å². The van der Waals surface area contributed by atoms with E-state index in [2.05, 4.69) is 28.4 Å². The lowest BCUT2D eigenvalue weighted by molar-refractivity contribution is -0.120. The summed E-state index contributed by atoms with van der Waals surface area (Å²) in [5, 5.41) is 5.44. The molecule has 1 fully saturated rings. The Kier molecular flexibility index (Phi) is 5.02. The zero-order valence-corrected chi connectivity index (χ0v) is 14.9. The minimum absolute atomic E-state index is 0.0529. The molecule has 2 heterocycles. The maximum Gasteiger partial charge on any atom is 0.224 e. The van der Waals surface area contributed by atoms with Crippen molar-refractivity contribution in [3.8, 4) is 0 Å². The Balaban J connectivity index is 1.43. The van der Waals surface area contributed by atoms with Crippen LogP contribution in [0.4, 0.5) is 0 Å². The number of carbonyl (C=O) groups excluding carboxylic acids is 1. The largest absolute Gasteiger partial charge is 0.468 e. The van der Waals surface area contributed by atoms with E-state index in [1.165, 1.54) is 18.2 Å². The van der Waals surface area contributed by atoms with E-state index in [-0.39, 0.29) is 11.9 Å². The van der Waals surface area contributed by atoms with Crippen molar-refractivity contribution >= 4 is 16.7 Å². The first-order valence-corrected chi connectivity index (χ1v) is 9.32. The van der Waals surface area contributed by atoms with Gasteiger partial charge in [0.1, 0.15) is 5.76 Å². The van der Waals surface area contributed by atoms with Gasteiger partial charge in [0.05, 0.1) is 18.7 Å². The summed E-state index contributed by atoms with van der Waals surface area (Å²) in [5.74, 6) is 0.981. The normalized spacial score (nSPS) is 16.0. The van der Waals surface area contributed by atoms with Gasteiger partial charge in [-0.25, -0.2) is 0 Å². The van der Waals surface area contributed by atoms with Crippen molar-refractivity contribution in [3.05, 3.63) is 72.2 Å². The first-order valence-electron chi connectivity index (χ1n) is 9.32. The molecule has 1 aromatic heterocycles. The van der Waals surface area contributed by atoms with Gasteiger partial charge in [0.25, 0.3) is 0 Å². The van der Waals surface area contributed by atoms with Gasteiger partial charge in [0, 0.05) is 6.54 Å². The highest BCUT2D eigenvalue weighted by molar-refractivity contribution is 5.90. The Morgan fingerprint density at radius 3 is 2.65 bits per heavy atom. The smallest absolute Gasteiger partial charge is 0.224 e. The van der Waals surface area contributed by atoms with E-state index in [0.29, 0.717) is 13.0 Å². The molecular weight excluding hydrogens is 324 g/mol. The van der Waals surface area contributed by atoms with Gasteiger partial charge in [-0.1, -0.05) is 42.5 Å². The Bertz CT molecular complexity index is 861. The summed E-state index contributed by atoms with van der Waals surface area (Å²) in [6, 6.07) is 18.4. The van der Waals surface area contributed by atoms with Gasteiger partial charge in [-0.15, -0.1) is 0 Å². The molecular formula is C22H24N2O2. The molecule has 0 spiro atoms. The second-order valence-electron chi connectivity index (χ2n) is 6.89. The topological polar surface area (TPSA) is 45.5 Å². The van der Waals surface area contributed by atoms with Gasteiger partial charge < -0.3 is 9.73 Å². The first-order chi connectivity index (χ1) is 12.8. The summed E-state index contributed by atoms with van der Waals surface area (Å²) in [7, 11) is 0. The van der Waals surface area contributed by atoms with Crippen molar-refractivity contribution in [2.45, 2.75) is 25.3 Å². The van der Waals surface area contributed by atoms with Gasteiger partial charge in [0.15, 0.2) is 0 Å². The van der Waals surface area contributed by atoms with Crippen LogP contribution < -0.4 is 5.32 Å². The number of hydrogen-bond acceptors (Lipinski definition) is 3. The number of nitrogens with one attached hydrogen (secondary N) is 1. The average Bonchev–Trinajstić information content (AvgIpc) is 3.37. The molecule has 1 aliphatic heterocycles. The van der Waals surface area contributed by atoms with E-state index in [1.54, 1.807) is 6.26 Å². The van der Waals surface area contributed by atoms with E-state index in [1.807, 2.05) is 36.4 Å². The maximum atomic E-state index is 12.6. The summed E-state index contributed by atoms with van der Waals surface area (Å²) in [4.78, 5) is 15.0. The van der Waals surface area contributed by atoms with Gasteiger partial charge in [-0.3, -0.25) is 9.69 Å². The summed E-state index contributed by atoms with van der Waals surface area (Å²) in [6.45, 7) is 2.70. The standard InChI is InChI=1S/C22H24N2O2/c25-22(15-18-9-5-8-17-7-1-2-10-19(17)18)23-16-20(21-11-6-14-26-21)24-12-3-4-13-24/h1-2,5-11,14,20H,3-4,12-13,15-16H2,(H,23,25)/t20-/m1/s1. The third-order valence-corrected chi connectivity index (χ3v) is 5.18. The molecule has 26 heavy (non-hydrogen) atoms. The molecule has 1 amide bonds. The zero-order valence-electron chi connectivity index (χ0n) is 14.9. The number of benzene rings is 2. The lowest BCUT2D eigenvalue weighted by Crippen LogP contribution is -2.37. The molecule has 0 radical (unpaired) electrons. The van der Waals surface area contributed by atoms with Crippen LogP contribution in [0.1, 0.15) is 30.2 Å². The third-order valence-electron chi connectivity index (χ3n) is 5.18. The van der Waals surface area contributed by atoms with Gasteiger partial charge in [-0.2, -0.15) is 0 Å². The van der Waals surface area contributed by atoms with Crippen molar-refractivity contribution in [3.63, 3.8) is 0 Å². The summed E-state index contributed by atoms with van der Waals surface area (Å²) < 4.78 is 5.62. The molecule has 134 valence electrons. The quantitative estimate of drug-likeness (QED) is 0.734. The number of fused-ring (bicyclic) bond motifs is 1. The molecule has 0 unspecified atom stereocenters. The van der Waals surface area contributed by atoms with Crippen molar-refractivity contribution in [1.82, 2.24) is 10.2 Å². The molecule has 1 atom stereocenters. The molecule has 4 nitrogen and oxygen atoms in total. The Morgan fingerprint density at radius 1 is 1.04 bits per heavy atom. The van der Waals surface area contributed by atoms with Crippen molar-refractivity contribution in [2.75, 3.05) is 19.6 Å². The maximum absolute atomic E-state index is 12.6. The summed E-state index contributed by atoms with van der Waals surface area (Å²) in [6.07, 6.45) is 4.52. The molecule has 2 aromatic carbocycles. The molecule has 1 saturated heterocycles. The summed E-state index contributed by atoms with van der Waals surface area (Å²) >= 11 is 0. The number of likely N-dealkylation sites (tertiary alicyclic amines) is 1. The van der Waals surface area contributed by atoms with E-state index >= 15 is 0 Å². The van der Waals surface area contributed by atoms with Crippen LogP contribution in [0.5, 0.6) is 0 Å². The van der Waals surface area contributed by atoms with Crippen molar-refractivity contribution in [1.29, 1.82) is 0 Å². The number of nitrogens with zero attached hydrogens (tertiary/aromatic N) is 1. The highest BCUT2D eigenvalue weighted by Crippen LogP contribution is 2.25.